The van der Waals surface area contributed by atoms with Gasteiger partial charge in [-0.2, -0.15) is 0 Å². The summed E-state index contributed by atoms with van der Waals surface area (Å²) in [4.78, 5) is 4.52. The van der Waals surface area contributed by atoms with Gasteiger partial charge in [-0.1, -0.05) is 6.92 Å². The number of ether oxygens (including phenoxy) is 5. The quantitative estimate of drug-likeness (QED) is 0.549. The van der Waals surface area contributed by atoms with Crippen LogP contribution in [0.25, 0.3) is 0 Å². The largest absolute Gasteiger partial charge is 0.394 e. The predicted molar refractivity (Wildman–Crippen MR) is 108 cm³/mol. The van der Waals surface area contributed by atoms with Crippen molar-refractivity contribution in [1.82, 2.24) is 0 Å². The third-order valence-electron chi connectivity index (χ3n) is 5.92. The Balaban J connectivity index is 1.76. The molecule has 2 saturated heterocycles. The monoisotopic (exact) mass is 431 g/mol. The van der Waals surface area contributed by atoms with Crippen LogP contribution in [0.15, 0.2) is 4.99 Å². The maximum atomic E-state index is 11.0. The van der Waals surface area contributed by atoms with Gasteiger partial charge in [-0.25, -0.2) is 0 Å². The molecule has 0 aromatic rings. The zero-order valence-corrected chi connectivity index (χ0v) is 18.7. The minimum Gasteiger partial charge on any atom is -0.394 e. The van der Waals surface area contributed by atoms with E-state index in [1.807, 2.05) is 27.7 Å². The Morgan fingerprint density at radius 1 is 1.10 bits per heavy atom. The Hall–Kier alpha value is -0.650. The lowest BCUT2D eigenvalue weighted by atomic mass is 9.90. The Bertz CT molecular complexity index is 606. The molecule has 0 spiro atoms. The van der Waals surface area contributed by atoms with E-state index in [0.717, 1.165) is 5.71 Å². The zero-order chi connectivity index (χ0) is 22.2. The highest BCUT2D eigenvalue weighted by Gasteiger charge is 2.52. The maximum absolute atomic E-state index is 11.0. The van der Waals surface area contributed by atoms with Crippen molar-refractivity contribution < 1.29 is 39.0 Å². The highest BCUT2D eigenvalue weighted by atomic mass is 16.7. The van der Waals surface area contributed by atoms with E-state index in [0.29, 0.717) is 6.42 Å². The summed E-state index contributed by atoms with van der Waals surface area (Å²) in [6.45, 7) is 9.27. The van der Waals surface area contributed by atoms with Crippen LogP contribution in [0.1, 0.15) is 41.0 Å². The van der Waals surface area contributed by atoms with Crippen LogP contribution >= 0.6 is 0 Å². The topological polar surface area (TPSA) is 119 Å². The average Bonchev–Trinajstić information content (AvgIpc) is 3.03. The van der Waals surface area contributed by atoms with Gasteiger partial charge >= 0.3 is 0 Å². The van der Waals surface area contributed by atoms with Gasteiger partial charge in [-0.05, 0) is 27.7 Å². The number of aliphatic hydroxyl groups excluding tert-OH is 3. The van der Waals surface area contributed by atoms with E-state index in [1.54, 1.807) is 14.0 Å². The van der Waals surface area contributed by atoms with Crippen molar-refractivity contribution >= 4 is 5.71 Å². The number of fused-ring (bicyclic) bond motifs is 1. The first kappa shape index (κ1) is 24.0. The van der Waals surface area contributed by atoms with Gasteiger partial charge in [0.2, 0.25) is 0 Å². The van der Waals surface area contributed by atoms with E-state index in [-0.39, 0.29) is 19.3 Å². The van der Waals surface area contributed by atoms with Gasteiger partial charge < -0.3 is 39.0 Å². The molecule has 0 saturated carbocycles. The summed E-state index contributed by atoms with van der Waals surface area (Å²) >= 11 is 0. The number of aliphatic hydroxyl groups is 3. The fourth-order valence-corrected chi connectivity index (χ4v) is 4.48. The lowest BCUT2D eigenvalue weighted by Crippen LogP contribution is -2.62. The van der Waals surface area contributed by atoms with Crippen LogP contribution in [0.3, 0.4) is 0 Å². The lowest BCUT2D eigenvalue weighted by Gasteiger charge is -2.48. The van der Waals surface area contributed by atoms with Crippen molar-refractivity contribution in [3.8, 4) is 0 Å². The number of nitrogens with zero attached hydrogens (tertiary/aromatic N) is 1. The van der Waals surface area contributed by atoms with Gasteiger partial charge in [-0.3, -0.25) is 4.99 Å². The highest BCUT2D eigenvalue weighted by Crippen LogP contribution is 2.36. The Kier molecular flexibility index (Phi) is 7.57. The third kappa shape index (κ3) is 5.05. The maximum Gasteiger partial charge on any atom is 0.163 e. The van der Waals surface area contributed by atoms with Crippen molar-refractivity contribution in [2.45, 2.75) is 102 Å². The van der Waals surface area contributed by atoms with E-state index in [9.17, 15) is 15.3 Å². The van der Waals surface area contributed by atoms with E-state index >= 15 is 0 Å². The van der Waals surface area contributed by atoms with E-state index in [2.05, 4.69) is 4.99 Å². The summed E-state index contributed by atoms with van der Waals surface area (Å²) in [5.74, 6) is -0.456. The second-order valence-corrected chi connectivity index (χ2v) is 9.59. The smallest absolute Gasteiger partial charge is 0.163 e. The summed E-state index contributed by atoms with van der Waals surface area (Å²) in [6.07, 6.45) is -4.92. The fourth-order valence-electron chi connectivity index (χ4n) is 4.48. The first-order chi connectivity index (χ1) is 14.1. The molecule has 0 aromatic carbocycles. The SMILES string of the molecule is COCC1O[C@H]2CC(C)=N[C@H]2C(O)[C@@H]1O[C@@H]1OC(CO)[C@@H](OC(C)(C)C)[C@H](O)C1C. The molecule has 3 N–H and O–H groups in total. The first-order valence-corrected chi connectivity index (χ1v) is 10.7. The molecule has 10 atom stereocenters. The molecule has 174 valence electrons. The first-order valence-electron chi connectivity index (χ1n) is 10.7. The third-order valence-corrected chi connectivity index (χ3v) is 5.92. The van der Waals surface area contributed by atoms with Crippen molar-refractivity contribution in [3.63, 3.8) is 0 Å². The summed E-state index contributed by atoms with van der Waals surface area (Å²) in [5.41, 5.74) is 0.418. The minimum atomic E-state index is -0.915. The highest BCUT2D eigenvalue weighted by molar-refractivity contribution is 5.84. The average molecular weight is 432 g/mol. The van der Waals surface area contributed by atoms with Crippen LogP contribution < -0.4 is 0 Å². The van der Waals surface area contributed by atoms with E-state index < -0.39 is 60.5 Å². The standard InChI is InChI=1S/C21H37NO8/c1-10-7-12-15(22-10)17(25)18(14(27-12)9-26-6)29-20-11(2)16(24)19(13(8-23)28-20)30-21(3,4)5/h11-20,23-25H,7-9H2,1-6H3/t11?,12-,13?,14?,15+,16+,17?,18+,19+,20-/m0/s1. The molecule has 3 heterocycles. The molecule has 4 unspecified atom stereocenters. The van der Waals surface area contributed by atoms with Crippen molar-refractivity contribution in [2.75, 3.05) is 20.3 Å². The fraction of sp³-hybridized carbons (Fsp3) is 0.952. The molecular weight excluding hydrogens is 394 g/mol. The van der Waals surface area contributed by atoms with E-state index in [4.69, 9.17) is 23.7 Å². The predicted octanol–water partition coefficient (Wildman–Crippen LogP) is 0.277. The van der Waals surface area contributed by atoms with Crippen LogP contribution in [-0.4, -0.2) is 102 Å². The van der Waals surface area contributed by atoms with Gasteiger partial charge in [0.05, 0.1) is 31.0 Å². The van der Waals surface area contributed by atoms with Crippen molar-refractivity contribution in [2.24, 2.45) is 10.9 Å². The van der Waals surface area contributed by atoms with Crippen LogP contribution in [0.4, 0.5) is 0 Å². The summed E-state index contributed by atoms with van der Waals surface area (Å²) in [6, 6.07) is -0.405. The molecule has 0 radical (unpaired) electrons. The molecule has 0 aromatic heterocycles. The normalized spacial score (nSPS) is 44.6. The Labute approximate surface area is 178 Å². The molecule has 30 heavy (non-hydrogen) atoms. The number of hydrogen-bond donors (Lipinski definition) is 3. The second kappa shape index (κ2) is 9.46. The van der Waals surface area contributed by atoms with E-state index in [1.165, 1.54) is 0 Å². The molecule has 9 nitrogen and oxygen atoms in total. The second-order valence-electron chi connectivity index (χ2n) is 9.59. The van der Waals surface area contributed by atoms with Gasteiger partial charge in [-0.15, -0.1) is 0 Å². The summed E-state index contributed by atoms with van der Waals surface area (Å²) in [7, 11) is 1.56. The van der Waals surface area contributed by atoms with Crippen LogP contribution in [0.5, 0.6) is 0 Å². The molecule has 3 aliphatic rings. The van der Waals surface area contributed by atoms with Gasteiger partial charge in [0.25, 0.3) is 0 Å². The van der Waals surface area contributed by atoms with Gasteiger partial charge in [0, 0.05) is 25.2 Å². The molecular formula is C21H37NO8. The van der Waals surface area contributed by atoms with Crippen LogP contribution in [-0.2, 0) is 23.7 Å². The molecule has 0 aliphatic carbocycles. The molecule has 0 amide bonds. The number of hydrogen-bond acceptors (Lipinski definition) is 9. The number of aliphatic imine (C=N–C) groups is 1. The number of rotatable bonds is 6. The van der Waals surface area contributed by atoms with Crippen molar-refractivity contribution in [3.05, 3.63) is 0 Å². The molecule has 2 fully saturated rings. The van der Waals surface area contributed by atoms with Crippen LogP contribution in [0, 0.1) is 5.92 Å². The number of methoxy groups -OCH3 is 1. The summed E-state index contributed by atoms with van der Waals surface area (Å²) in [5, 5.41) is 31.7. The lowest BCUT2D eigenvalue weighted by molar-refractivity contribution is -0.332. The van der Waals surface area contributed by atoms with Crippen molar-refractivity contribution in [1.29, 1.82) is 0 Å². The van der Waals surface area contributed by atoms with Crippen LogP contribution in [0.2, 0.25) is 0 Å². The molecule has 0 bridgehead atoms. The molecule has 3 rings (SSSR count). The molecule has 9 heteroatoms. The summed E-state index contributed by atoms with van der Waals surface area (Å²) < 4.78 is 29.5. The Morgan fingerprint density at radius 2 is 1.80 bits per heavy atom. The zero-order valence-electron chi connectivity index (χ0n) is 18.7. The van der Waals surface area contributed by atoms with Gasteiger partial charge in [0.1, 0.15) is 36.6 Å². The Morgan fingerprint density at radius 3 is 2.40 bits per heavy atom. The molecule has 3 aliphatic heterocycles. The van der Waals surface area contributed by atoms with Gasteiger partial charge in [0.15, 0.2) is 6.29 Å². The minimum absolute atomic E-state index is 0.204.